The predicted octanol–water partition coefficient (Wildman–Crippen LogP) is 12.3. The Bertz CT molecular complexity index is 1770. The van der Waals surface area contributed by atoms with Crippen molar-refractivity contribution in [2.75, 3.05) is 0 Å². The number of nitrogens with zero attached hydrogens (tertiary/aromatic N) is 4. The van der Waals surface area contributed by atoms with Crippen molar-refractivity contribution in [3.63, 3.8) is 0 Å². The number of benzene rings is 6. The maximum absolute atomic E-state index is 6.25. The molecule has 0 bridgehead atoms. The van der Waals surface area contributed by atoms with E-state index in [2.05, 4.69) is 182 Å². The van der Waals surface area contributed by atoms with Crippen LogP contribution >= 0.6 is 56.4 Å². The van der Waals surface area contributed by atoms with Crippen LogP contribution in [0, 0.1) is 47.3 Å². The summed E-state index contributed by atoms with van der Waals surface area (Å²) in [6.45, 7) is 19.0. The molecule has 0 fully saturated rings. The Morgan fingerprint density at radius 3 is 0.547 bits per heavy atom. The van der Waals surface area contributed by atoms with Gasteiger partial charge in [0.05, 0.1) is 15.8 Å². The van der Waals surface area contributed by atoms with Gasteiger partial charge >= 0.3 is 66.4 Å². The molecule has 4 nitrogen and oxygen atoms in total. The molecule has 0 saturated carbocycles. The largest absolute Gasteiger partial charge is 0.748 e. The van der Waals surface area contributed by atoms with Crippen molar-refractivity contribution in [3.8, 4) is 0 Å². The molecule has 14 heteroatoms. The van der Waals surface area contributed by atoms with Gasteiger partial charge in [0.2, 0.25) is 0 Å². The second-order valence-corrected chi connectivity index (χ2v) is 19.4. The first-order chi connectivity index (χ1) is 30.7. The Morgan fingerprint density at radius 1 is 0.297 bits per heavy atom. The third-order valence-electron chi connectivity index (χ3n) is 7.49. The van der Waals surface area contributed by atoms with E-state index in [-0.39, 0.29) is 33.6 Å². The fourth-order valence-corrected chi connectivity index (χ4v) is 10.4. The van der Waals surface area contributed by atoms with Crippen molar-refractivity contribution in [1.29, 1.82) is 21.0 Å². The van der Waals surface area contributed by atoms with E-state index in [0.29, 0.717) is 25.8 Å². The van der Waals surface area contributed by atoms with Gasteiger partial charge in [0.25, 0.3) is 0 Å². The number of halogens is 4. The molecule has 0 unspecified atom stereocenters. The maximum atomic E-state index is 6.25. The Balaban J connectivity index is -0.000000370. The van der Waals surface area contributed by atoms with Crippen LogP contribution in [-0.4, -0.2) is 0 Å². The molecule has 8 rings (SSSR count). The molecule has 0 aliphatic rings. The van der Waals surface area contributed by atoms with Gasteiger partial charge in [-0.25, -0.2) is 12.1 Å². The minimum absolute atomic E-state index is 0. The normalized spacial score (nSPS) is 8.34. The Hall–Kier alpha value is -3.97. The first-order valence-corrected chi connectivity index (χ1v) is 26.4. The van der Waals surface area contributed by atoms with E-state index in [1.54, 1.807) is 0 Å². The van der Waals surface area contributed by atoms with Crippen molar-refractivity contribution in [2.24, 2.45) is 0 Å². The van der Waals surface area contributed by atoms with Crippen LogP contribution in [0.2, 0.25) is 0 Å². The summed E-state index contributed by atoms with van der Waals surface area (Å²) < 4.78 is 0. The molecule has 8 aromatic rings. The van der Waals surface area contributed by atoms with Gasteiger partial charge in [0.1, 0.15) is 31.8 Å². The van der Waals surface area contributed by atoms with Gasteiger partial charge in [-0.2, -0.15) is 18.2 Å². The summed E-state index contributed by atoms with van der Waals surface area (Å²) in [5.41, 5.74) is 0. The van der Waals surface area contributed by atoms with Gasteiger partial charge in [-0.1, -0.05) is 109 Å². The van der Waals surface area contributed by atoms with E-state index in [1.165, 1.54) is 31.8 Å². The van der Waals surface area contributed by atoms with Crippen LogP contribution in [0.15, 0.2) is 243 Å². The van der Waals surface area contributed by atoms with Gasteiger partial charge in [0, 0.05) is 33.6 Å². The minimum atomic E-state index is -0.877. The second-order valence-electron chi connectivity index (χ2n) is 11.0. The van der Waals surface area contributed by atoms with E-state index < -0.39 is 15.8 Å². The van der Waals surface area contributed by atoms with Crippen LogP contribution < -0.4 is 31.8 Å². The monoisotopic (exact) mass is 1140 g/mol. The van der Waals surface area contributed by atoms with Crippen molar-refractivity contribution >= 4 is 88.3 Å². The molecule has 64 heavy (non-hydrogen) atoms. The van der Waals surface area contributed by atoms with Gasteiger partial charge in [0.15, 0.2) is 0 Å². The summed E-state index contributed by atoms with van der Waals surface area (Å²) in [5, 5.41) is 33.6. The zero-order chi connectivity index (χ0) is 46.3. The molecule has 0 atom stereocenters. The summed E-state index contributed by atoms with van der Waals surface area (Å²) in [6, 6.07) is 85.0. The molecule has 0 spiro atoms. The maximum Gasteiger partial charge on any atom is 0.102 e. The fourth-order valence-electron chi connectivity index (χ4n) is 5.27. The van der Waals surface area contributed by atoms with Crippen molar-refractivity contribution < 1.29 is 59.3 Å². The minimum Gasteiger partial charge on any atom is -0.748 e. The van der Waals surface area contributed by atoms with Crippen LogP contribution in [0.4, 0.5) is 0 Å². The van der Waals surface area contributed by atoms with E-state index >= 15 is 0 Å². The van der Waals surface area contributed by atoms with Crippen molar-refractivity contribution in [3.05, 3.63) is 269 Å². The van der Waals surface area contributed by atoms with Crippen LogP contribution in [0.5, 0.6) is 0 Å². The molecule has 0 amide bonds. The molecule has 0 saturated heterocycles. The number of hydrogen-bond donors (Lipinski definition) is 0. The molecule has 0 aliphatic heterocycles. The standard InChI is InChI=1S/2C18H15P.2C5H5.4CN.4ClH.4Co/c2*1-4-10-16(11-5-1)19(17-12-6-2-7-13-17)18-14-8-3-9-15-18;2*1-2-4-5-3-1;4*1-2;;;;;;;;/h2*1-15H;2*1-5H;;;;;4*1H;;;;/q;;-5;5*-1;;;;;;;2*+2/p-2. The summed E-state index contributed by atoms with van der Waals surface area (Å²) in [6.07, 6.45) is 0. The van der Waals surface area contributed by atoms with Gasteiger partial charge in [-0.3, -0.25) is 0 Å². The molecule has 0 heterocycles. The zero-order valence-electron chi connectivity index (χ0n) is 33.7. The Labute approximate surface area is 433 Å². The van der Waals surface area contributed by atoms with Gasteiger partial charge in [-0.05, 0) is 72.8 Å². The average molecular weight is 1140 g/mol. The van der Waals surface area contributed by atoms with Crippen LogP contribution in [0.1, 0.15) is 0 Å². The van der Waals surface area contributed by atoms with E-state index in [9.17, 15) is 0 Å². The first-order valence-electron chi connectivity index (χ1n) is 17.7. The molecule has 8 aromatic carbocycles. The van der Waals surface area contributed by atoms with Crippen LogP contribution in [0.25, 0.3) is 0 Å². The molecule has 0 aromatic heterocycles. The average Bonchev–Trinajstić information content (AvgIpc) is 4.17. The fraction of sp³-hybridized carbons (Fsp3) is 0. The van der Waals surface area contributed by atoms with E-state index in [1.807, 2.05) is 60.7 Å². The summed E-state index contributed by atoms with van der Waals surface area (Å²) in [7, 11) is 17.2. The molecular formula is C50H42Cl4Co4N4P2-8. The molecule has 344 valence electrons. The number of rotatable bonds is 6. The Kier molecular flexibility index (Phi) is 53.8. The molecule has 0 aliphatic carbocycles. The topological polar surface area (TPSA) is 95.2 Å². The van der Waals surface area contributed by atoms with E-state index in [4.69, 9.17) is 87.9 Å². The summed E-state index contributed by atoms with van der Waals surface area (Å²) >= 11 is 0.764. The van der Waals surface area contributed by atoms with Crippen LogP contribution in [-0.2, 0) is 59.3 Å². The quantitative estimate of drug-likeness (QED) is 0.122. The van der Waals surface area contributed by atoms with Crippen molar-refractivity contribution in [2.45, 2.75) is 0 Å². The first kappa shape index (κ1) is 66.6. The summed E-state index contributed by atoms with van der Waals surface area (Å²) in [4.78, 5) is 0. The third-order valence-corrected chi connectivity index (χ3v) is 12.9. The van der Waals surface area contributed by atoms with Gasteiger partial charge in [-0.15, -0.1) is 0 Å². The SMILES string of the molecule is [C-]#N.[C-]#N.[C-]#N.[C-]#N.[Cl][Co][Cl].[Cl][Co][Cl].[Co].[Co].[cH-]1[cH-][cH-][cH-][cH-]1.c1cc[cH-]c1.c1ccc([PH+](c2ccccc2)c2ccccc2)cc1.c1ccc([PH+](c2ccccc2)c2ccccc2)cc1. The smallest absolute Gasteiger partial charge is 0.102 e. The van der Waals surface area contributed by atoms with Gasteiger partial charge < -0.3 is 77.7 Å². The second kappa shape index (κ2) is 51.7. The summed E-state index contributed by atoms with van der Waals surface area (Å²) in [5.74, 6) is 0. The Morgan fingerprint density at radius 2 is 0.438 bits per heavy atom. The molecular weight excluding hydrogens is 1100 g/mol. The van der Waals surface area contributed by atoms with E-state index in [0.717, 1.165) is 0 Å². The third kappa shape index (κ3) is 31.0. The molecule has 2 radical (unpaired) electrons. The predicted molar refractivity (Wildman–Crippen MR) is 260 cm³/mol. The van der Waals surface area contributed by atoms with Crippen LogP contribution in [0.3, 0.4) is 0 Å². The number of hydrogen-bond acceptors (Lipinski definition) is 4. The zero-order valence-corrected chi connectivity index (χ0v) is 42.9. The van der Waals surface area contributed by atoms with Crippen molar-refractivity contribution in [1.82, 2.24) is 0 Å². The molecule has 0 N–H and O–H groups in total.